The van der Waals surface area contributed by atoms with Gasteiger partial charge in [0, 0.05) is 6.54 Å². The van der Waals surface area contributed by atoms with E-state index in [9.17, 15) is 4.79 Å². The van der Waals surface area contributed by atoms with Gasteiger partial charge < -0.3 is 10.6 Å². The molecular weight excluding hydrogens is 296 g/mol. The van der Waals surface area contributed by atoms with E-state index in [1.54, 1.807) is 0 Å². The summed E-state index contributed by atoms with van der Waals surface area (Å²) >= 11 is 0. The minimum absolute atomic E-state index is 0. The summed E-state index contributed by atoms with van der Waals surface area (Å²) in [4.78, 5) is 13.0. The summed E-state index contributed by atoms with van der Waals surface area (Å²) in [7, 11) is 0. The molecule has 3 unspecified atom stereocenters. The van der Waals surface area contributed by atoms with Gasteiger partial charge in [0.1, 0.15) is 0 Å². The molecule has 126 valence electrons. The van der Waals surface area contributed by atoms with Crippen molar-refractivity contribution in [2.75, 3.05) is 19.6 Å². The largest absolute Gasteiger partial charge is 0.355 e. The molecule has 3 atom stereocenters. The van der Waals surface area contributed by atoms with E-state index in [4.69, 9.17) is 0 Å². The third kappa shape index (κ3) is 2.69. The topological polar surface area (TPSA) is 41.1 Å². The van der Waals surface area contributed by atoms with Gasteiger partial charge in [-0.15, -0.1) is 12.4 Å². The summed E-state index contributed by atoms with van der Waals surface area (Å²) < 4.78 is 0. The van der Waals surface area contributed by atoms with Gasteiger partial charge in [-0.05, 0) is 80.7 Å². The van der Waals surface area contributed by atoms with Gasteiger partial charge in [0.15, 0.2) is 0 Å². The lowest BCUT2D eigenvalue weighted by molar-refractivity contribution is -0.170. The second kappa shape index (κ2) is 5.37. The molecule has 4 bridgehead atoms. The van der Waals surface area contributed by atoms with Gasteiger partial charge in [-0.3, -0.25) is 4.79 Å². The first-order chi connectivity index (χ1) is 9.91. The fourth-order valence-corrected chi connectivity index (χ4v) is 7.01. The number of carbonyl (C=O) groups is 1. The van der Waals surface area contributed by atoms with Crippen LogP contribution in [0.5, 0.6) is 0 Å². The van der Waals surface area contributed by atoms with Crippen LogP contribution in [-0.2, 0) is 4.79 Å². The van der Waals surface area contributed by atoms with E-state index in [0.717, 1.165) is 44.8 Å². The lowest BCUT2D eigenvalue weighted by atomic mass is 9.40. The first-order valence-corrected chi connectivity index (χ1v) is 8.90. The van der Waals surface area contributed by atoms with E-state index in [1.807, 2.05) is 0 Å². The van der Waals surface area contributed by atoms with Crippen LogP contribution in [0.4, 0.5) is 0 Å². The first kappa shape index (κ1) is 16.6. The highest BCUT2D eigenvalue weighted by molar-refractivity contribution is 5.85. The van der Waals surface area contributed by atoms with Crippen LogP contribution in [0.25, 0.3) is 0 Å². The fraction of sp³-hybridized carbons (Fsp3) is 0.944. The lowest BCUT2D eigenvalue weighted by Crippen LogP contribution is -2.60. The Bertz CT molecular complexity index is 442. The lowest BCUT2D eigenvalue weighted by Gasteiger charge is -2.64. The third-order valence-electron chi connectivity index (χ3n) is 6.82. The highest BCUT2D eigenvalue weighted by Gasteiger charge is 2.62. The van der Waals surface area contributed by atoms with E-state index in [1.165, 1.54) is 25.7 Å². The Kier molecular flexibility index (Phi) is 4.05. The Morgan fingerprint density at radius 2 is 1.82 bits per heavy atom. The molecule has 0 radical (unpaired) electrons. The van der Waals surface area contributed by atoms with Crippen molar-refractivity contribution in [3.05, 3.63) is 0 Å². The van der Waals surface area contributed by atoms with Crippen LogP contribution in [-0.4, -0.2) is 25.5 Å². The van der Waals surface area contributed by atoms with Crippen LogP contribution in [0.15, 0.2) is 0 Å². The zero-order valence-corrected chi connectivity index (χ0v) is 14.9. The molecule has 0 spiro atoms. The highest BCUT2D eigenvalue weighted by atomic mass is 35.5. The molecule has 2 N–H and O–H groups in total. The van der Waals surface area contributed by atoms with Gasteiger partial charge in [-0.2, -0.15) is 0 Å². The van der Waals surface area contributed by atoms with E-state index in [2.05, 4.69) is 24.5 Å². The summed E-state index contributed by atoms with van der Waals surface area (Å²) in [6.07, 6.45) is 8.73. The fourth-order valence-electron chi connectivity index (χ4n) is 7.01. The van der Waals surface area contributed by atoms with E-state index < -0.39 is 0 Å². The van der Waals surface area contributed by atoms with E-state index >= 15 is 0 Å². The molecule has 5 aliphatic rings. The Balaban J connectivity index is 0.00000144. The predicted octanol–water partition coefficient (Wildman–Crippen LogP) is 3.13. The molecule has 22 heavy (non-hydrogen) atoms. The van der Waals surface area contributed by atoms with Crippen molar-refractivity contribution in [3.63, 3.8) is 0 Å². The highest BCUT2D eigenvalue weighted by Crippen LogP contribution is 2.69. The SMILES string of the molecule is CC12CC3CC(C)(C1)CC(C(=O)NCC1CCNC1)(C3)C2.Cl. The summed E-state index contributed by atoms with van der Waals surface area (Å²) in [5.41, 5.74) is 0.829. The van der Waals surface area contributed by atoms with E-state index in [-0.39, 0.29) is 17.8 Å². The van der Waals surface area contributed by atoms with Gasteiger partial charge in [0.05, 0.1) is 5.41 Å². The monoisotopic (exact) mass is 326 g/mol. The number of hydrogen-bond donors (Lipinski definition) is 2. The van der Waals surface area contributed by atoms with Gasteiger partial charge in [-0.1, -0.05) is 13.8 Å². The van der Waals surface area contributed by atoms with Crippen LogP contribution in [0.3, 0.4) is 0 Å². The van der Waals surface area contributed by atoms with Crippen molar-refractivity contribution in [2.45, 2.75) is 58.8 Å². The number of rotatable bonds is 3. The number of carbonyl (C=O) groups excluding carboxylic acids is 1. The quantitative estimate of drug-likeness (QED) is 0.836. The van der Waals surface area contributed by atoms with Crippen molar-refractivity contribution < 1.29 is 4.79 Å². The van der Waals surface area contributed by atoms with Crippen LogP contribution in [0.2, 0.25) is 0 Å². The smallest absolute Gasteiger partial charge is 0.226 e. The van der Waals surface area contributed by atoms with Gasteiger partial charge >= 0.3 is 0 Å². The van der Waals surface area contributed by atoms with Crippen molar-refractivity contribution in [1.82, 2.24) is 10.6 Å². The third-order valence-corrected chi connectivity index (χ3v) is 6.82. The maximum absolute atomic E-state index is 13.0. The Labute approximate surface area is 140 Å². The normalized spacial score (nSPS) is 49.0. The molecule has 4 heteroatoms. The molecule has 0 aromatic carbocycles. The predicted molar refractivity (Wildman–Crippen MR) is 91.1 cm³/mol. The van der Waals surface area contributed by atoms with Crippen molar-refractivity contribution >= 4 is 18.3 Å². The van der Waals surface area contributed by atoms with Crippen molar-refractivity contribution in [3.8, 4) is 0 Å². The van der Waals surface area contributed by atoms with Gasteiger partial charge in [0.25, 0.3) is 0 Å². The molecule has 0 aromatic heterocycles. The maximum atomic E-state index is 13.0. The molecule has 5 rings (SSSR count). The van der Waals surface area contributed by atoms with E-state index in [0.29, 0.717) is 22.7 Å². The first-order valence-electron chi connectivity index (χ1n) is 8.90. The maximum Gasteiger partial charge on any atom is 0.226 e. The zero-order valence-electron chi connectivity index (χ0n) is 14.0. The molecule has 3 nitrogen and oxygen atoms in total. The molecule has 1 amide bonds. The summed E-state index contributed by atoms with van der Waals surface area (Å²) in [5, 5.41) is 6.73. The Morgan fingerprint density at radius 3 is 2.36 bits per heavy atom. The van der Waals surface area contributed by atoms with Crippen LogP contribution in [0.1, 0.15) is 58.8 Å². The molecule has 4 aliphatic carbocycles. The van der Waals surface area contributed by atoms with Gasteiger partial charge in [-0.25, -0.2) is 0 Å². The molecule has 1 saturated heterocycles. The minimum atomic E-state index is -0.0328. The molecule has 5 fully saturated rings. The van der Waals surface area contributed by atoms with Gasteiger partial charge in [0.2, 0.25) is 5.91 Å². The number of amides is 1. The molecule has 4 saturated carbocycles. The van der Waals surface area contributed by atoms with Crippen LogP contribution in [0, 0.1) is 28.1 Å². The average Bonchev–Trinajstić information content (AvgIpc) is 2.84. The summed E-state index contributed by atoms with van der Waals surface area (Å²) in [6, 6.07) is 0. The Morgan fingerprint density at radius 1 is 1.14 bits per heavy atom. The number of hydrogen-bond acceptors (Lipinski definition) is 2. The molecular formula is C18H31ClN2O. The standard InChI is InChI=1S/C18H30N2O.ClH/c1-16-5-14-6-17(2,10-16)12-18(7-14,11-16)15(21)20-9-13-3-4-19-8-13;/h13-14,19H,3-12H2,1-2H3,(H,20,21);1H. The van der Waals surface area contributed by atoms with Crippen LogP contribution >= 0.6 is 12.4 Å². The summed E-state index contributed by atoms with van der Waals surface area (Å²) in [6.45, 7) is 7.96. The molecule has 1 aliphatic heterocycles. The minimum Gasteiger partial charge on any atom is -0.355 e. The molecule has 1 heterocycles. The number of halogens is 1. The molecule has 0 aromatic rings. The summed E-state index contributed by atoms with van der Waals surface area (Å²) in [5.74, 6) is 1.83. The number of nitrogens with one attached hydrogen (secondary N) is 2. The Hall–Kier alpha value is -0.280. The van der Waals surface area contributed by atoms with Crippen molar-refractivity contribution in [1.29, 1.82) is 0 Å². The van der Waals surface area contributed by atoms with Crippen LogP contribution < -0.4 is 10.6 Å². The average molecular weight is 327 g/mol. The second-order valence-electron chi connectivity index (χ2n) is 9.48. The second-order valence-corrected chi connectivity index (χ2v) is 9.48. The zero-order chi connectivity index (χ0) is 14.7. The van der Waals surface area contributed by atoms with Crippen molar-refractivity contribution in [2.24, 2.45) is 28.1 Å².